The first-order chi connectivity index (χ1) is 9.90. The Hall–Kier alpha value is -1.07. The highest BCUT2D eigenvalue weighted by Gasteiger charge is 2.27. The Morgan fingerprint density at radius 3 is 2.43 bits per heavy atom. The van der Waals surface area contributed by atoms with Gasteiger partial charge in [-0.2, -0.15) is 13.2 Å². The Bertz CT molecular complexity index is 390. The van der Waals surface area contributed by atoms with Gasteiger partial charge in [-0.1, -0.05) is 29.8 Å². The molecule has 0 radical (unpaired) electrons. The first kappa shape index (κ1) is 18.0. The number of halogens is 3. The summed E-state index contributed by atoms with van der Waals surface area (Å²) in [5.74, 6) is 0.409. The fourth-order valence-corrected chi connectivity index (χ4v) is 2.28. The van der Waals surface area contributed by atoms with Gasteiger partial charge in [0.05, 0.1) is 0 Å². The lowest BCUT2D eigenvalue weighted by molar-refractivity contribution is -0.174. The van der Waals surface area contributed by atoms with Gasteiger partial charge < -0.3 is 10.1 Å². The molecule has 1 aromatic carbocycles. The van der Waals surface area contributed by atoms with E-state index >= 15 is 0 Å². The lowest BCUT2D eigenvalue weighted by Crippen LogP contribution is -2.22. The van der Waals surface area contributed by atoms with Gasteiger partial charge in [-0.3, -0.25) is 0 Å². The number of hydrogen-bond donors (Lipinski definition) is 1. The number of alkyl halides is 3. The van der Waals surface area contributed by atoms with Crippen LogP contribution in [0.25, 0.3) is 0 Å². The molecule has 2 nitrogen and oxygen atoms in total. The van der Waals surface area contributed by atoms with Gasteiger partial charge in [-0.05, 0) is 51.3 Å². The van der Waals surface area contributed by atoms with Crippen molar-refractivity contribution < 1.29 is 17.9 Å². The molecule has 0 aliphatic rings. The summed E-state index contributed by atoms with van der Waals surface area (Å²) in [7, 11) is 1.89. The van der Waals surface area contributed by atoms with Gasteiger partial charge in [0.1, 0.15) is 6.61 Å². The summed E-state index contributed by atoms with van der Waals surface area (Å²) < 4.78 is 40.5. The Morgan fingerprint density at radius 1 is 1.19 bits per heavy atom. The largest absolute Gasteiger partial charge is 0.411 e. The zero-order chi connectivity index (χ0) is 15.7. The van der Waals surface area contributed by atoms with Crippen molar-refractivity contribution in [1.29, 1.82) is 0 Å². The number of nitrogens with one attached hydrogen (secondary N) is 1. The van der Waals surface area contributed by atoms with Crippen molar-refractivity contribution in [2.24, 2.45) is 5.92 Å². The van der Waals surface area contributed by atoms with E-state index in [0.29, 0.717) is 12.3 Å². The molecule has 0 saturated heterocycles. The number of rotatable bonds is 9. The van der Waals surface area contributed by atoms with Crippen LogP contribution in [0, 0.1) is 12.8 Å². The lowest BCUT2D eigenvalue weighted by Gasteiger charge is -2.17. The average Bonchev–Trinajstić information content (AvgIpc) is 2.40. The number of ether oxygens (including phenoxy) is 1. The second-order valence-electron chi connectivity index (χ2n) is 5.42. The van der Waals surface area contributed by atoms with Crippen LogP contribution in [0.4, 0.5) is 13.2 Å². The summed E-state index contributed by atoms with van der Waals surface area (Å²) in [6, 6.07) is 8.38. The summed E-state index contributed by atoms with van der Waals surface area (Å²) in [5.41, 5.74) is 2.49. The minimum Gasteiger partial charge on any atom is -0.372 e. The number of hydrogen-bond acceptors (Lipinski definition) is 2. The predicted octanol–water partition coefficient (Wildman–Crippen LogP) is 3.73. The molecule has 0 aliphatic carbocycles. The Morgan fingerprint density at radius 2 is 1.86 bits per heavy atom. The van der Waals surface area contributed by atoms with Gasteiger partial charge in [0.15, 0.2) is 0 Å². The quantitative estimate of drug-likeness (QED) is 0.702. The van der Waals surface area contributed by atoms with Crippen LogP contribution in [0.15, 0.2) is 24.3 Å². The van der Waals surface area contributed by atoms with Gasteiger partial charge in [0.25, 0.3) is 0 Å². The van der Waals surface area contributed by atoms with Crippen LogP contribution < -0.4 is 5.32 Å². The van der Waals surface area contributed by atoms with E-state index in [4.69, 9.17) is 0 Å². The minimum atomic E-state index is -4.23. The monoisotopic (exact) mass is 303 g/mol. The molecule has 5 heteroatoms. The average molecular weight is 303 g/mol. The zero-order valence-electron chi connectivity index (χ0n) is 12.7. The fourth-order valence-electron chi connectivity index (χ4n) is 2.28. The molecule has 0 fully saturated rings. The molecule has 1 unspecified atom stereocenters. The van der Waals surface area contributed by atoms with E-state index in [9.17, 15) is 13.2 Å². The predicted molar refractivity (Wildman–Crippen MR) is 78.4 cm³/mol. The summed E-state index contributed by atoms with van der Waals surface area (Å²) in [5, 5.41) is 3.14. The zero-order valence-corrected chi connectivity index (χ0v) is 12.7. The Labute approximate surface area is 124 Å². The van der Waals surface area contributed by atoms with Gasteiger partial charge >= 0.3 is 6.18 Å². The van der Waals surface area contributed by atoms with Gasteiger partial charge in [0, 0.05) is 6.61 Å². The molecule has 0 aromatic heterocycles. The third-order valence-electron chi connectivity index (χ3n) is 3.30. The molecule has 0 heterocycles. The van der Waals surface area contributed by atoms with Crippen LogP contribution in [0.3, 0.4) is 0 Å². The van der Waals surface area contributed by atoms with Crippen molar-refractivity contribution in [1.82, 2.24) is 5.32 Å². The van der Waals surface area contributed by atoms with E-state index in [-0.39, 0.29) is 6.61 Å². The summed E-state index contributed by atoms with van der Waals surface area (Å²) >= 11 is 0. The number of aryl methyl sites for hydroxylation is 1. The third kappa shape index (κ3) is 8.73. The maximum absolute atomic E-state index is 11.9. The topological polar surface area (TPSA) is 21.3 Å². The molecule has 0 bridgehead atoms. The lowest BCUT2D eigenvalue weighted by atomic mass is 9.94. The molecule has 0 amide bonds. The highest BCUT2D eigenvalue weighted by Crippen LogP contribution is 2.17. The molecule has 1 N–H and O–H groups in total. The molecule has 0 saturated carbocycles. The van der Waals surface area contributed by atoms with E-state index in [0.717, 1.165) is 19.4 Å². The third-order valence-corrected chi connectivity index (χ3v) is 3.30. The first-order valence-electron chi connectivity index (χ1n) is 7.25. The van der Waals surface area contributed by atoms with Crippen molar-refractivity contribution in [3.8, 4) is 0 Å². The van der Waals surface area contributed by atoms with Gasteiger partial charge in [-0.25, -0.2) is 0 Å². The summed E-state index contributed by atoms with van der Waals surface area (Å²) in [4.78, 5) is 0. The van der Waals surface area contributed by atoms with Crippen LogP contribution in [-0.2, 0) is 11.2 Å². The van der Waals surface area contributed by atoms with Crippen molar-refractivity contribution in [3.05, 3.63) is 35.4 Å². The summed E-state index contributed by atoms with van der Waals surface area (Å²) in [6.45, 7) is 1.91. The first-order valence-corrected chi connectivity index (χ1v) is 7.25. The van der Waals surface area contributed by atoms with Crippen LogP contribution in [0.2, 0.25) is 0 Å². The normalized spacial score (nSPS) is 13.4. The molecule has 1 rings (SSSR count). The smallest absolute Gasteiger partial charge is 0.372 e. The van der Waals surface area contributed by atoms with E-state index in [1.807, 2.05) is 14.0 Å². The Kier molecular flexibility index (Phi) is 7.75. The minimum absolute atomic E-state index is 0.160. The van der Waals surface area contributed by atoms with Crippen LogP contribution in [0.5, 0.6) is 0 Å². The standard InChI is InChI=1S/C16H24F3NO/c1-13-5-7-14(8-6-13)10-15(11-20-2)4-3-9-21-12-16(17,18)19/h5-8,15,20H,3-4,9-12H2,1-2H3. The fraction of sp³-hybridized carbons (Fsp3) is 0.625. The highest BCUT2D eigenvalue weighted by atomic mass is 19.4. The van der Waals surface area contributed by atoms with E-state index in [2.05, 4.69) is 34.3 Å². The van der Waals surface area contributed by atoms with E-state index in [1.165, 1.54) is 11.1 Å². The van der Waals surface area contributed by atoms with Crippen molar-refractivity contribution in [2.45, 2.75) is 32.4 Å². The van der Waals surface area contributed by atoms with Crippen LogP contribution in [-0.4, -0.2) is 33.0 Å². The van der Waals surface area contributed by atoms with Crippen molar-refractivity contribution >= 4 is 0 Å². The van der Waals surface area contributed by atoms with Crippen molar-refractivity contribution in [2.75, 3.05) is 26.8 Å². The second-order valence-corrected chi connectivity index (χ2v) is 5.42. The molecule has 21 heavy (non-hydrogen) atoms. The number of benzene rings is 1. The van der Waals surface area contributed by atoms with E-state index < -0.39 is 12.8 Å². The van der Waals surface area contributed by atoms with Gasteiger partial charge in [-0.15, -0.1) is 0 Å². The van der Waals surface area contributed by atoms with Crippen LogP contribution >= 0.6 is 0 Å². The maximum atomic E-state index is 11.9. The molecule has 0 aliphatic heterocycles. The molecule has 120 valence electrons. The van der Waals surface area contributed by atoms with E-state index in [1.54, 1.807) is 0 Å². The molecular formula is C16H24F3NO. The second kappa shape index (κ2) is 9.05. The van der Waals surface area contributed by atoms with Gasteiger partial charge in [0.2, 0.25) is 0 Å². The molecule has 1 aromatic rings. The van der Waals surface area contributed by atoms with Crippen molar-refractivity contribution in [3.63, 3.8) is 0 Å². The Balaban J connectivity index is 2.31. The molecular weight excluding hydrogens is 279 g/mol. The highest BCUT2D eigenvalue weighted by molar-refractivity contribution is 5.21. The molecule has 1 atom stereocenters. The SMILES string of the molecule is CNCC(CCCOCC(F)(F)F)Cc1ccc(C)cc1. The maximum Gasteiger partial charge on any atom is 0.411 e. The van der Waals surface area contributed by atoms with Crippen LogP contribution in [0.1, 0.15) is 24.0 Å². The molecule has 0 spiro atoms. The summed E-state index contributed by atoms with van der Waals surface area (Å²) in [6.07, 6.45) is -1.80.